The Morgan fingerprint density at radius 1 is 1.10 bits per heavy atom. The third-order valence-electron chi connectivity index (χ3n) is 5.09. The lowest BCUT2D eigenvalue weighted by atomic mass is 9.92. The van der Waals surface area contributed by atoms with E-state index in [9.17, 15) is 0 Å². The smallest absolute Gasteiger partial charge is 0.0768 e. The van der Waals surface area contributed by atoms with E-state index in [-0.39, 0.29) is 0 Å². The van der Waals surface area contributed by atoms with Crippen LogP contribution in [0.3, 0.4) is 0 Å². The fourth-order valence-corrected chi connectivity index (χ4v) is 5.15. The molecule has 21 heavy (non-hydrogen) atoms. The normalized spacial score (nSPS) is 23.3. The van der Waals surface area contributed by atoms with Gasteiger partial charge >= 0.3 is 0 Å². The number of aromatic amines is 1. The molecule has 2 nitrogen and oxygen atoms in total. The standard InChI is InChI=1S/C18H24N2S/c1-2-6-14(7-3-1)19-12-13-10-11-21-18-17(13)15-8-4-5-9-16(15)20-18/h4-5,8-9,13-14,19-20H,1-3,6-7,10-12H2. The highest BCUT2D eigenvalue weighted by atomic mass is 32.2. The molecule has 1 aliphatic carbocycles. The van der Waals surface area contributed by atoms with E-state index in [2.05, 4.69) is 34.6 Å². The van der Waals surface area contributed by atoms with Gasteiger partial charge in [0, 0.05) is 35.2 Å². The van der Waals surface area contributed by atoms with Crippen LogP contribution in [0.25, 0.3) is 10.9 Å². The quantitative estimate of drug-likeness (QED) is 0.862. The van der Waals surface area contributed by atoms with Crippen LogP contribution in [-0.2, 0) is 0 Å². The van der Waals surface area contributed by atoms with Crippen molar-refractivity contribution >= 4 is 22.7 Å². The molecule has 0 spiro atoms. The molecule has 3 heteroatoms. The Morgan fingerprint density at radius 3 is 2.86 bits per heavy atom. The molecule has 2 heterocycles. The molecule has 4 rings (SSSR count). The Balaban J connectivity index is 1.55. The number of hydrogen-bond acceptors (Lipinski definition) is 2. The summed E-state index contributed by atoms with van der Waals surface area (Å²) >= 11 is 2.00. The number of nitrogens with one attached hydrogen (secondary N) is 2. The van der Waals surface area contributed by atoms with Gasteiger partial charge in [0.05, 0.1) is 5.03 Å². The van der Waals surface area contributed by atoms with E-state index < -0.39 is 0 Å². The van der Waals surface area contributed by atoms with Crippen molar-refractivity contribution < 1.29 is 0 Å². The molecule has 2 aliphatic rings. The topological polar surface area (TPSA) is 27.8 Å². The minimum absolute atomic E-state index is 0.680. The number of thioether (sulfide) groups is 1. The van der Waals surface area contributed by atoms with Gasteiger partial charge in [-0.2, -0.15) is 0 Å². The van der Waals surface area contributed by atoms with Crippen LogP contribution in [0.4, 0.5) is 0 Å². The number of fused-ring (bicyclic) bond motifs is 3. The molecule has 0 amide bonds. The Hall–Kier alpha value is -0.930. The molecule has 2 N–H and O–H groups in total. The van der Waals surface area contributed by atoms with Gasteiger partial charge < -0.3 is 10.3 Å². The number of benzene rings is 1. The number of hydrogen-bond donors (Lipinski definition) is 2. The van der Waals surface area contributed by atoms with E-state index in [4.69, 9.17) is 0 Å². The van der Waals surface area contributed by atoms with Crippen LogP contribution in [-0.4, -0.2) is 23.3 Å². The van der Waals surface area contributed by atoms with Crippen molar-refractivity contribution in [2.75, 3.05) is 12.3 Å². The Kier molecular flexibility index (Phi) is 3.95. The van der Waals surface area contributed by atoms with E-state index in [0.29, 0.717) is 5.92 Å². The van der Waals surface area contributed by atoms with Gasteiger partial charge in [0.15, 0.2) is 0 Å². The first-order valence-corrected chi connectivity index (χ1v) is 9.37. The van der Waals surface area contributed by atoms with Crippen molar-refractivity contribution in [1.82, 2.24) is 10.3 Å². The molecule has 0 radical (unpaired) electrons. The van der Waals surface area contributed by atoms with Gasteiger partial charge in [-0.25, -0.2) is 0 Å². The first-order chi connectivity index (χ1) is 10.4. The highest BCUT2D eigenvalue weighted by Gasteiger charge is 2.25. The summed E-state index contributed by atoms with van der Waals surface area (Å²) in [6.45, 7) is 1.15. The molecule has 1 aromatic carbocycles. The summed E-state index contributed by atoms with van der Waals surface area (Å²) in [7, 11) is 0. The number of rotatable bonds is 3. The lowest BCUT2D eigenvalue weighted by Crippen LogP contribution is -2.34. The molecule has 1 unspecified atom stereocenters. The predicted molar refractivity (Wildman–Crippen MR) is 91.3 cm³/mol. The van der Waals surface area contributed by atoms with E-state index >= 15 is 0 Å². The maximum Gasteiger partial charge on any atom is 0.0768 e. The third kappa shape index (κ3) is 2.74. The Morgan fingerprint density at radius 2 is 1.95 bits per heavy atom. The summed E-state index contributed by atoms with van der Waals surface area (Å²) in [5.74, 6) is 1.93. The van der Waals surface area contributed by atoms with Crippen LogP contribution < -0.4 is 5.32 Å². The molecule has 112 valence electrons. The molecule has 0 saturated heterocycles. The average Bonchev–Trinajstić information content (AvgIpc) is 2.93. The first kappa shape index (κ1) is 13.7. The van der Waals surface area contributed by atoms with Gasteiger partial charge in [-0.3, -0.25) is 0 Å². The summed E-state index contributed by atoms with van der Waals surface area (Å²) in [5, 5.41) is 6.72. The van der Waals surface area contributed by atoms with Crippen molar-refractivity contribution in [1.29, 1.82) is 0 Å². The van der Waals surface area contributed by atoms with Crippen LogP contribution in [0.5, 0.6) is 0 Å². The second kappa shape index (κ2) is 6.05. The fourth-order valence-electron chi connectivity index (χ4n) is 3.93. The largest absolute Gasteiger partial charge is 0.349 e. The summed E-state index contributed by atoms with van der Waals surface area (Å²) in [6, 6.07) is 9.55. The molecule has 0 bridgehead atoms. The van der Waals surface area contributed by atoms with Gasteiger partial charge in [0.1, 0.15) is 0 Å². The fraction of sp³-hybridized carbons (Fsp3) is 0.556. The van der Waals surface area contributed by atoms with Crippen molar-refractivity contribution in [2.24, 2.45) is 0 Å². The monoisotopic (exact) mass is 300 g/mol. The van der Waals surface area contributed by atoms with Gasteiger partial charge in [-0.15, -0.1) is 11.8 Å². The number of para-hydroxylation sites is 1. The molecule has 1 atom stereocenters. The average molecular weight is 300 g/mol. The highest BCUT2D eigenvalue weighted by Crippen LogP contribution is 2.41. The van der Waals surface area contributed by atoms with Crippen LogP contribution >= 0.6 is 11.8 Å². The van der Waals surface area contributed by atoms with Crippen LogP contribution in [0.15, 0.2) is 29.3 Å². The van der Waals surface area contributed by atoms with Crippen LogP contribution in [0.2, 0.25) is 0 Å². The number of aromatic nitrogens is 1. The molecular formula is C18H24N2S. The summed E-state index contributed by atoms with van der Waals surface area (Å²) in [6.07, 6.45) is 8.32. The van der Waals surface area contributed by atoms with Gasteiger partial charge in [-0.05, 0) is 30.9 Å². The van der Waals surface area contributed by atoms with Gasteiger partial charge in [0.25, 0.3) is 0 Å². The van der Waals surface area contributed by atoms with E-state index in [1.165, 1.54) is 60.2 Å². The second-order valence-electron chi connectivity index (χ2n) is 6.49. The van der Waals surface area contributed by atoms with Crippen LogP contribution in [0, 0.1) is 0 Å². The summed E-state index contributed by atoms with van der Waals surface area (Å²) < 4.78 is 0. The maximum absolute atomic E-state index is 3.86. The summed E-state index contributed by atoms with van der Waals surface area (Å²) in [4.78, 5) is 3.62. The van der Waals surface area contributed by atoms with Crippen molar-refractivity contribution in [3.05, 3.63) is 29.8 Å². The SMILES string of the molecule is c1ccc2c3c([nH]c2c1)SCCC3CNC1CCCCC1. The Bertz CT molecular complexity index is 613. The Labute approximate surface area is 131 Å². The zero-order valence-electron chi connectivity index (χ0n) is 12.5. The van der Waals surface area contributed by atoms with Gasteiger partial charge in [0.2, 0.25) is 0 Å². The number of H-pyrrole nitrogens is 1. The minimum Gasteiger partial charge on any atom is -0.349 e. The van der Waals surface area contributed by atoms with E-state index in [0.717, 1.165) is 12.6 Å². The van der Waals surface area contributed by atoms with Crippen molar-refractivity contribution in [3.63, 3.8) is 0 Å². The molecule has 1 aliphatic heterocycles. The zero-order valence-corrected chi connectivity index (χ0v) is 13.3. The third-order valence-corrected chi connectivity index (χ3v) is 6.14. The zero-order chi connectivity index (χ0) is 14.1. The lowest BCUT2D eigenvalue weighted by molar-refractivity contribution is 0.362. The maximum atomic E-state index is 3.86. The molecule has 1 saturated carbocycles. The lowest BCUT2D eigenvalue weighted by Gasteiger charge is -2.28. The molecule has 2 aromatic rings. The first-order valence-electron chi connectivity index (χ1n) is 8.38. The van der Waals surface area contributed by atoms with Crippen molar-refractivity contribution in [2.45, 2.75) is 55.5 Å². The minimum atomic E-state index is 0.680. The van der Waals surface area contributed by atoms with Crippen LogP contribution in [0.1, 0.15) is 50.0 Å². The molecule has 1 aromatic heterocycles. The van der Waals surface area contributed by atoms with E-state index in [1.54, 1.807) is 5.56 Å². The highest BCUT2D eigenvalue weighted by molar-refractivity contribution is 7.99. The molecular weight excluding hydrogens is 276 g/mol. The predicted octanol–water partition coefficient (Wildman–Crippen LogP) is 4.67. The van der Waals surface area contributed by atoms with Gasteiger partial charge in [-0.1, -0.05) is 37.5 Å². The second-order valence-corrected chi connectivity index (χ2v) is 7.60. The molecule has 1 fully saturated rings. The summed E-state index contributed by atoms with van der Waals surface area (Å²) in [5.41, 5.74) is 2.88. The van der Waals surface area contributed by atoms with E-state index in [1.807, 2.05) is 11.8 Å². The van der Waals surface area contributed by atoms with Crippen molar-refractivity contribution in [3.8, 4) is 0 Å².